The maximum Gasteiger partial charge on any atom is 0.309 e. The fraction of sp³-hybridized carbons (Fsp3) is 0.905. The Morgan fingerprint density at radius 2 is 1.92 bits per heavy atom. The van der Waals surface area contributed by atoms with Gasteiger partial charge in [0.05, 0.1) is 18.6 Å². The van der Waals surface area contributed by atoms with Crippen LogP contribution in [0, 0.1) is 23.2 Å². The molecule has 144 valence electrons. The van der Waals surface area contributed by atoms with Crippen molar-refractivity contribution >= 4 is 11.8 Å². The van der Waals surface area contributed by atoms with Gasteiger partial charge in [-0.15, -0.1) is 0 Å². The average molecular weight is 353 g/mol. The molecule has 3 aliphatic rings. The van der Waals surface area contributed by atoms with E-state index in [0.29, 0.717) is 18.4 Å². The summed E-state index contributed by atoms with van der Waals surface area (Å²) >= 11 is 0. The molecule has 0 aromatic rings. The monoisotopic (exact) mass is 352 g/mol. The second kappa shape index (κ2) is 8.66. The third kappa shape index (κ3) is 5.06. The molecule has 0 amide bonds. The number of ether oxygens (including phenoxy) is 2. The van der Waals surface area contributed by atoms with Crippen LogP contribution in [-0.2, 0) is 19.1 Å². The lowest BCUT2D eigenvalue weighted by Gasteiger charge is -2.51. The molecule has 1 aliphatic carbocycles. The lowest BCUT2D eigenvalue weighted by atomic mass is 9.63. The first-order chi connectivity index (χ1) is 11.8. The quantitative estimate of drug-likeness (QED) is 0.602. The van der Waals surface area contributed by atoms with Crippen LogP contribution in [0.3, 0.4) is 0 Å². The van der Waals surface area contributed by atoms with Crippen LogP contribution in [0.1, 0.15) is 79.6 Å². The molecule has 1 saturated carbocycles. The first kappa shape index (κ1) is 20.4. The van der Waals surface area contributed by atoms with Crippen molar-refractivity contribution in [2.45, 2.75) is 91.8 Å². The predicted octanol–water partition coefficient (Wildman–Crippen LogP) is 4.54. The number of unbranched alkanes of at least 4 members (excludes halogenated alkanes) is 1. The Bertz CT molecular complexity index is 465. The molecule has 0 N–H and O–H groups in total. The summed E-state index contributed by atoms with van der Waals surface area (Å²) in [5.41, 5.74) is 0.214. The zero-order valence-electron chi connectivity index (χ0n) is 16.7. The van der Waals surface area contributed by atoms with Gasteiger partial charge in [-0.2, -0.15) is 0 Å². The SMILES string of the molecule is CCCCC(CC(=O)C1OC2CCC1CC2C(C)(C)C)C(=O)OCC. The number of hydrogen-bond acceptors (Lipinski definition) is 4. The van der Waals surface area contributed by atoms with Crippen LogP contribution in [-0.4, -0.2) is 30.6 Å². The van der Waals surface area contributed by atoms with Gasteiger partial charge in [-0.05, 0) is 49.9 Å². The van der Waals surface area contributed by atoms with Gasteiger partial charge in [-0.1, -0.05) is 40.5 Å². The van der Waals surface area contributed by atoms with Crippen molar-refractivity contribution in [3.05, 3.63) is 0 Å². The molecule has 3 fully saturated rings. The van der Waals surface area contributed by atoms with Crippen molar-refractivity contribution in [3.8, 4) is 0 Å². The third-order valence-corrected chi connectivity index (χ3v) is 5.98. The fourth-order valence-corrected chi connectivity index (χ4v) is 4.54. The van der Waals surface area contributed by atoms with Crippen molar-refractivity contribution in [3.63, 3.8) is 0 Å². The van der Waals surface area contributed by atoms with Crippen LogP contribution in [0.4, 0.5) is 0 Å². The van der Waals surface area contributed by atoms with E-state index in [4.69, 9.17) is 9.47 Å². The summed E-state index contributed by atoms with van der Waals surface area (Å²) in [5, 5.41) is 0. The van der Waals surface area contributed by atoms with Gasteiger partial charge in [0.15, 0.2) is 5.78 Å². The van der Waals surface area contributed by atoms with Crippen LogP contribution in [0.25, 0.3) is 0 Å². The summed E-state index contributed by atoms with van der Waals surface area (Å²) in [6, 6.07) is 0. The zero-order chi connectivity index (χ0) is 18.6. The second-order valence-corrected chi connectivity index (χ2v) is 8.90. The Kier molecular flexibility index (Phi) is 7.07. The maximum atomic E-state index is 12.9. The molecule has 3 rings (SSSR count). The van der Waals surface area contributed by atoms with Gasteiger partial charge in [0.25, 0.3) is 0 Å². The topological polar surface area (TPSA) is 52.6 Å². The number of ketones is 1. The number of hydrogen-bond donors (Lipinski definition) is 0. The highest BCUT2D eigenvalue weighted by Gasteiger charge is 2.49. The van der Waals surface area contributed by atoms with E-state index in [0.717, 1.165) is 38.5 Å². The van der Waals surface area contributed by atoms with Crippen LogP contribution in [0.2, 0.25) is 0 Å². The van der Waals surface area contributed by atoms with E-state index >= 15 is 0 Å². The molecule has 5 unspecified atom stereocenters. The Hall–Kier alpha value is -0.900. The molecule has 4 nitrogen and oxygen atoms in total. The van der Waals surface area contributed by atoms with Crippen molar-refractivity contribution in [1.82, 2.24) is 0 Å². The smallest absolute Gasteiger partial charge is 0.309 e. The molecule has 0 aromatic heterocycles. The zero-order valence-corrected chi connectivity index (χ0v) is 16.7. The molecular formula is C21H36O4. The first-order valence-corrected chi connectivity index (χ1v) is 10.1. The van der Waals surface area contributed by atoms with E-state index in [1.54, 1.807) is 0 Å². The van der Waals surface area contributed by atoms with Crippen molar-refractivity contribution < 1.29 is 19.1 Å². The Labute approximate surface area is 153 Å². The van der Waals surface area contributed by atoms with E-state index in [1.165, 1.54) is 0 Å². The largest absolute Gasteiger partial charge is 0.466 e. The summed E-state index contributed by atoms with van der Waals surface area (Å²) < 4.78 is 11.4. The van der Waals surface area contributed by atoms with Crippen LogP contribution in [0.15, 0.2) is 0 Å². The average Bonchev–Trinajstić information content (AvgIpc) is 2.58. The number of fused-ring (bicyclic) bond motifs is 3. The molecule has 25 heavy (non-hydrogen) atoms. The van der Waals surface area contributed by atoms with E-state index in [9.17, 15) is 9.59 Å². The molecule has 0 radical (unpaired) electrons. The van der Waals surface area contributed by atoms with Gasteiger partial charge in [-0.25, -0.2) is 0 Å². The second-order valence-electron chi connectivity index (χ2n) is 8.90. The number of carbonyl (C=O) groups excluding carboxylic acids is 2. The first-order valence-electron chi connectivity index (χ1n) is 10.1. The minimum absolute atomic E-state index is 0.108. The Morgan fingerprint density at radius 1 is 1.20 bits per heavy atom. The summed E-state index contributed by atoms with van der Waals surface area (Å²) in [6.07, 6.45) is 6.05. The maximum absolute atomic E-state index is 12.9. The van der Waals surface area contributed by atoms with Gasteiger partial charge >= 0.3 is 5.97 Å². The molecule has 2 bridgehead atoms. The highest BCUT2D eigenvalue weighted by molar-refractivity contribution is 5.88. The lowest BCUT2D eigenvalue weighted by molar-refractivity contribution is -0.186. The minimum Gasteiger partial charge on any atom is -0.466 e. The van der Waals surface area contributed by atoms with E-state index in [2.05, 4.69) is 27.7 Å². The van der Waals surface area contributed by atoms with Crippen LogP contribution < -0.4 is 0 Å². The number of esters is 1. The van der Waals surface area contributed by atoms with Gasteiger partial charge in [-0.3, -0.25) is 9.59 Å². The molecular weight excluding hydrogens is 316 g/mol. The Balaban J connectivity index is 1.99. The van der Waals surface area contributed by atoms with Gasteiger partial charge < -0.3 is 9.47 Å². The third-order valence-electron chi connectivity index (χ3n) is 5.98. The van der Waals surface area contributed by atoms with E-state index < -0.39 is 0 Å². The van der Waals surface area contributed by atoms with Gasteiger partial charge in [0.2, 0.25) is 0 Å². The number of rotatable bonds is 8. The van der Waals surface area contributed by atoms with Crippen LogP contribution >= 0.6 is 0 Å². The van der Waals surface area contributed by atoms with Gasteiger partial charge in [0, 0.05) is 6.42 Å². The highest BCUT2D eigenvalue weighted by atomic mass is 16.5. The van der Waals surface area contributed by atoms with Crippen molar-refractivity contribution in [2.24, 2.45) is 23.2 Å². The summed E-state index contributed by atoms with van der Waals surface area (Å²) in [6.45, 7) is 11.1. The molecule has 5 atom stereocenters. The van der Waals surface area contributed by atoms with Crippen molar-refractivity contribution in [2.75, 3.05) is 6.61 Å². The van der Waals surface area contributed by atoms with Crippen LogP contribution in [0.5, 0.6) is 0 Å². The fourth-order valence-electron chi connectivity index (χ4n) is 4.54. The number of Topliss-reactive ketones (excluding diaryl/α,β-unsaturated/α-hetero) is 1. The predicted molar refractivity (Wildman–Crippen MR) is 98.2 cm³/mol. The normalized spacial score (nSPS) is 30.1. The summed E-state index contributed by atoms with van der Waals surface area (Å²) in [7, 11) is 0. The summed E-state index contributed by atoms with van der Waals surface area (Å²) in [5.74, 6) is 0.413. The summed E-state index contributed by atoms with van der Waals surface area (Å²) in [4.78, 5) is 25.1. The molecule has 4 heteroatoms. The lowest BCUT2D eigenvalue weighted by Crippen LogP contribution is -2.53. The van der Waals surface area contributed by atoms with Crippen molar-refractivity contribution in [1.29, 1.82) is 0 Å². The molecule has 2 heterocycles. The molecule has 0 aromatic carbocycles. The standard InChI is InChI=1S/C21H36O4/c1-6-8-9-15(20(23)24-7-2)13-17(22)19-14-10-11-18(25-19)16(12-14)21(3,4)5/h14-16,18-19H,6-13H2,1-5H3. The van der Waals surface area contributed by atoms with Gasteiger partial charge in [0.1, 0.15) is 6.10 Å². The minimum atomic E-state index is -0.310. The van der Waals surface area contributed by atoms with E-state index in [1.807, 2.05) is 6.92 Å². The molecule has 2 aliphatic heterocycles. The molecule has 2 saturated heterocycles. The Morgan fingerprint density at radius 3 is 2.44 bits per heavy atom. The van der Waals surface area contributed by atoms with E-state index in [-0.39, 0.29) is 41.7 Å². The highest BCUT2D eigenvalue weighted by Crippen LogP contribution is 2.48. The number of carbonyl (C=O) groups is 2. The molecule has 0 spiro atoms.